The van der Waals surface area contributed by atoms with E-state index in [4.69, 9.17) is 0 Å². The molecule has 0 aliphatic rings. The van der Waals surface area contributed by atoms with Gasteiger partial charge >= 0.3 is 0 Å². The van der Waals surface area contributed by atoms with Crippen molar-refractivity contribution in [3.63, 3.8) is 0 Å². The molecule has 0 aliphatic carbocycles. The Morgan fingerprint density at radius 2 is 1.35 bits per heavy atom. The molecule has 0 spiro atoms. The molecule has 0 aromatic carbocycles. The van der Waals surface area contributed by atoms with E-state index in [0.717, 1.165) is 13.1 Å². The molecule has 0 fully saturated rings. The Morgan fingerprint density at radius 1 is 0.850 bits per heavy atom. The van der Waals surface area contributed by atoms with Crippen molar-refractivity contribution < 1.29 is 0 Å². The Hall–Kier alpha value is -1.74. The topological polar surface area (TPSA) is 37.8 Å². The zero-order valence-electron chi connectivity index (χ0n) is 12.5. The van der Waals surface area contributed by atoms with Crippen LogP contribution in [0.3, 0.4) is 0 Å². The smallest absolute Gasteiger partial charge is 0.0312 e. The number of hydrogen-bond donors (Lipinski definition) is 1. The molecule has 2 rings (SSSR count). The van der Waals surface area contributed by atoms with Crippen molar-refractivity contribution >= 4 is 0 Å². The molecule has 3 heteroatoms. The van der Waals surface area contributed by atoms with Crippen molar-refractivity contribution in [2.24, 2.45) is 0 Å². The highest BCUT2D eigenvalue weighted by Gasteiger charge is 1.93. The third kappa shape index (κ3) is 7.64. The van der Waals surface area contributed by atoms with Gasteiger partial charge in [0.05, 0.1) is 0 Å². The molecule has 0 amide bonds. The minimum atomic E-state index is 0.836. The summed E-state index contributed by atoms with van der Waals surface area (Å²) >= 11 is 0. The van der Waals surface area contributed by atoms with Crippen LogP contribution in [-0.2, 0) is 13.1 Å². The van der Waals surface area contributed by atoms with Crippen LogP contribution in [0.15, 0.2) is 49.1 Å². The van der Waals surface area contributed by atoms with Crippen molar-refractivity contribution in [2.75, 3.05) is 0 Å². The second-order valence-electron chi connectivity index (χ2n) is 4.68. The third-order valence-corrected chi connectivity index (χ3v) is 2.81. The minimum absolute atomic E-state index is 0.836. The molecule has 1 N–H and O–H groups in total. The lowest BCUT2D eigenvalue weighted by atomic mass is 10.2. The predicted octanol–water partition coefficient (Wildman–Crippen LogP) is 3.96. The number of rotatable bonds is 6. The number of pyridine rings is 2. The highest BCUT2D eigenvalue weighted by Crippen LogP contribution is 1.98. The first-order valence-electron chi connectivity index (χ1n) is 7.35. The molecule has 0 saturated carbocycles. The molecule has 0 atom stereocenters. The van der Waals surface area contributed by atoms with E-state index in [1.807, 2.05) is 24.5 Å². The van der Waals surface area contributed by atoms with Crippen LogP contribution in [0.5, 0.6) is 0 Å². The molecule has 2 aromatic heterocycles. The highest BCUT2D eigenvalue weighted by atomic mass is 14.9. The van der Waals surface area contributed by atoms with Crippen molar-refractivity contribution in [1.29, 1.82) is 0 Å². The van der Waals surface area contributed by atoms with E-state index in [9.17, 15) is 0 Å². The highest BCUT2D eigenvalue weighted by molar-refractivity contribution is 5.10. The molecule has 0 saturated heterocycles. The van der Waals surface area contributed by atoms with Crippen LogP contribution in [0.2, 0.25) is 0 Å². The first-order valence-corrected chi connectivity index (χ1v) is 7.35. The zero-order valence-corrected chi connectivity index (χ0v) is 12.5. The third-order valence-electron chi connectivity index (χ3n) is 2.81. The summed E-state index contributed by atoms with van der Waals surface area (Å²) in [6, 6.07) is 8.01. The second-order valence-corrected chi connectivity index (χ2v) is 4.68. The number of nitrogens with zero attached hydrogens (tertiary/aromatic N) is 2. The largest absolute Gasteiger partial charge is 0.309 e. The molecule has 2 heterocycles. The summed E-state index contributed by atoms with van der Waals surface area (Å²) in [4.78, 5) is 8.12. The van der Waals surface area contributed by atoms with Crippen molar-refractivity contribution in [2.45, 2.75) is 46.2 Å². The van der Waals surface area contributed by atoms with Gasteiger partial charge in [-0.3, -0.25) is 9.97 Å². The molecule has 0 bridgehead atoms. The van der Waals surface area contributed by atoms with E-state index in [-0.39, 0.29) is 0 Å². The van der Waals surface area contributed by atoms with Gasteiger partial charge < -0.3 is 5.32 Å². The van der Waals surface area contributed by atoms with Crippen molar-refractivity contribution in [1.82, 2.24) is 15.3 Å². The molecule has 108 valence electrons. The van der Waals surface area contributed by atoms with Crippen LogP contribution in [0.25, 0.3) is 0 Å². The van der Waals surface area contributed by atoms with Crippen LogP contribution in [0, 0.1) is 0 Å². The number of nitrogens with one attached hydrogen (secondary N) is 1. The molecule has 2 aromatic rings. The quantitative estimate of drug-likeness (QED) is 0.864. The maximum atomic E-state index is 4.06. The Morgan fingerprint density at radius 3 is 1.65 bits per heavy atom. The number of aromatic nitrogens is 2. The lowest BCUT2D eigenvalue weighted by Gasteiger charge is -2.03. The first kappa shape index (κ1) is 16.3. The minimum Gasteiger partial charge on any atom is -0.309 e. The molecule has 0 radical (unpaired) electrons. The maximum Gasteiger partial charge on any atom is 0.0312 e. The summed E-state index contributed by atoms with van der Waals surface area (Å²) in [5.74, 6) is 0. The van der Waals surface area contributed by atoms with Gasteiger partial charge in [0.15, 0.2) is 0 Å². The summed E-state index contributed by atoms with van der Waals surface area (Å²) in [5, 5.41) is 3.34. The SMILES string of the molecule is CCCCC.c1cncc(CNCc2cccnc2)c1. The summed E-state index contributed by atoms with van der Waals surface area (Å²) in [7, 11) is 0. The van der Waals surface area contributed by atoms with E-state index in [1.165, 1.54) is 30.4 Å². The van der Waals surface area contributed by atoms with Gasteiger partial charge in [-0.2, -0.15) is 0 Å². The summed E-state index contributed by atoms with van der Waals surface area (Å²) < 4.78 is 0. The lowest BCUT2D eigenvalue weighted by molar-refractivity contribution is 0.689. The van der Waals surface area contributed by atoms with Gasteiger partial charge in [0, 0.05) is 37.9 Å². The molecule has 0 aliphatic heterocycles. The molecular weight excluding hydrogens is 246 g/mol. The molecular formula is C17H25N3. The van der Waals surface area contributed by atoms with Gasteiger partial charge in [-0.15, -0.1) is 0 Å². The zero-order chi connectivity index (χ0) is 14.5. The van der Waals surface area contributed by atoms with Gasteiger partial charge in [0.25, 0.3) is 0 Å². The standard InChI is InChI=1S/C12H13N3.C5H12/c1-3-11(7-13-5-1)9-15-10-12-4-2-6-14-8-12;1-3-5-4-2/h1-8,15H,9-10H2;3-5H2,1-2H3. The van der Waals surface area contributed by atoms with Gasteiger partial charge in [-0.1, -0.05) is 45.2 Å². The Balaban J connectivity index is 0.000000347. The maximum absolute atomic E-state index is 4.06. The number of unbranched alkanes of at least 4 members (excludes halogenated alkanes) is 2. The average Bonchev–Trinajstić information content (AvgIpc) is 2.51. The fourth-order valence-electron chi connectivity index (χ4n) is 1.71. The van der Waals surface area contributed by atoms with Crippen LogP contribution in [0.4, 0.5) is 0 Å². The van der Waals surface area contributed by atoms with Gasteiger partial charge in [-0.05, 0) is 23.3 Å². The first-order chi connectivity index (χ1) is 9.86. The molecule has 20 heavy (non-hydrogen) atoms. The Kier molecular flexibility index (Phi) is 9.07. The lowest BCUT2D eigenvalue weighted by Crippen LogP contribution is -2.12. The van der Waals surface area contributed by atoms with Crippen LogP contribution >= 0.6 is 0 Å². The fraction of sp³-hybridized carbons (Fsp3) is 0.412. The average molecular weight is 271 g/mol. The van der Waals surface area contributed by atoms with E-state index in [2.05, 4.69) is 41.3 Å². The summed E-state index contributed by atoms with van der Waals surface area (Å²) in [6.45, 7) is 6.10. The fourth-order valence-corrected chi connectivity index (χ4v) is 1.71. The van der Waals surface area contributed by atoms with Crippen LogP contribution in [0.1, 0.15) is 44.2 Å². The normalized spacial score (nSPS) is 9.70. The van der Waals surface area contributed by atoms with E-state index in [0.29, 0.717) is 0 Å². The van der Waals surface area contributed by atoms with Crippen molar-refractivity contribution in [3.05, 3.63) is 60.2 Å². The van der Waals surface area contributed by atoms with E-state index >= 15 is 0 Å². The van der Waals surface area contributed by atoms with Crippen LogP contribution in [-0.4, -0.2) is 9.97 Å². The van der Waals surface area contributed by atoms with Crippen LogP contribution < -0.4 is 5.32 Å². The monoisotopic (exact) mass is 271 g/mol. The van der Waals surface area contributed by atoms with E-state index < -0.39 is 0 Å². The van der Waals surface area contributed by atoms with E-state index in [1.54, 1.807) is 12.4 Å². The summed E-state index contributed by atoms with van der Waals surface area (Å²) in [6.07, 6.45) is 11.4. The Labute approximate surface area is 122 Å². The Bertz CT molecular complexity index is 387. The molecule has 0 unspecified atom stereocenters. The van der Waals surface area contributed by atoms with Crippen molar-refractivity contribution in [3.8, 4) is 0 Å². The summed E-state index contributed by atoms with van der Waals surface area (Å²) in [5.41, 5.74) is 2.39. The predicted molar refractivity (Wildman–Crippen MR) is 84.2 cm³/mol. The number of hydrogen-bond acceptors (Lipinski definition) is 3. The second kappa shape index (κ2) is 11.1. The van der Waals surface area contributed by atoms with Gasteiger partial charge in [-0.25, -0.2) is 0 Å². The molecule has 3 nitrogen and oxygen atoms in total. The van der Waals surface area contributed by atoms with Gasteiger partial charge in [0.2, 0.25) is 0 Å². The van der Waals surface area contributed by atoms with Gasteiger partial charge in [0.1, 0.15) is 0 Å².